The summed E-state index contributed by atoms with van der Waals surface area (Å²) in [7, 11) is 0. The first kappa shape index (κ1) is 30.3. The van der Waals surface area contributed by atoms with Crippen molar-refractivity contribution in [3.63, 3.8) is 0 Å². The van der Waals surface area contributed by atoms with Crippen LogP contribution in [0.2, 0.25) is 0 Å². The van der Waals surface area contributed by atoms with Gasteiger partial charge in [0.25, 0.3) is 0 Å². The minimum Gasteiger partial charge on any atom is -0.507 e. The van der Waals surface area contributed by atoms with Crippen molar-refractivity contribution in [2.45, 2.75) is 49.8 Å². The SMILES string of the molecule is CC(C)[C@](S)(C(=O)N1CCCC1C=O)c1cc(-c2cnc(N3CCC(c4cc5cc(-c6ccccc6O)nnc5s4)C3)nc2)no1. The Labute approximate surface area is 275 Å². The van der Waals surface area contributed by atoms with Gasteiger partial charge in [0.15, 0.2) is 10.5 Å². The first-order valence-electron chi connectivity index (χ1n) is 15.3. The van der Waals surface area contributed by atoms with Crippen LogP contribution in [0.3, 0.4) is 0 Å². The molecule has 0 spiro atoms. The summed E-state index contributed by atoms with van der Waals surface area (Å²) in [6, 6.07) is 12.6. The lowest BCUT2D eigenvalue weighted by Crippen LogP contribution is -2.48. The molecule has 2 aliphatic heterocycles. The van der Waals surface area contributed by atoms with Gasteiger partial charge in [-0.25, -0.2) is 9.97 Å². The highest BCUT2D eigenvalue weighted by atomic mass is 32.1. The minimum absolute atomic E-state index is 0.180. The Balaban J connectivity index is 1.05. The first-order chi connectivity index (χ1) is 22.3. The minimum atomic E-state index is -1.27. The van der Waals surface area contributed by atoms with Crippen LogP contribution in [0.4, 0.5) is 5.95 Å². The van der Waals surface area contributed by atoms with Crippen LogP contribution in [0.15, 0.2) is 59.4 Å². The average Bonchev–Trinajstić information content (AvgIpc) is 3.89. The molecule has 236 valence electrons. The summed E-state index contributed by atoms with van der Waals surface area (Å²) in [4.78, 5) is 40.4. The zero-order valence-corrected chi connectivity index (χ0v) is 27.1. The largest absolute Gasteiger partial charge is 0.507 e. The lowest BCUT2D eigenvalue weighted by Gasteiger charge is -2.34. The molecule has 3 atom stereocenters. The summed E-state index contributed by atoms with van der Waals surface area (Å²) in [6.07, 6.45) is 6.65. The number of nitrogens with zero attached hydrogens (tertiary/aromatic N) is 7. The van der Waals surface area contributed by atoms with Crippen molar-refractivity contribution >= 4 is 52.3 Å². The fourth-order valence-electron chi connectivity index (χ4n) is 6.32. The van der Waals surface area contributed by atoms with E-state index in [9.17, 15) is 14.7 Å². The van der Waals surface area contributed by atoms with Crippen LogP contribution in [0, 0.1) is 5.92 Å². The molecule has 7 rings (SSSR count). The van der Waals surface area contributed by atoms with Crippen molar-refractivity contribution in [2.75, 3.05) is 24.5 Å². The van der Waals surface area contributed by atoms with Crippen molar-refractivity contribution in [3.8, 4) is 28.3 Å². The summed E-state index contributed by atoms with van der Waals surface area (Å²) in [5.74, 6) is 0.980. The summed E-state index contributed by atoms with van der Waals surface area (Å²) in [5.41, 5.74) is 2.48. The number of carbonyl (C=O) groups is 2. The molecule has 2 fully saturated rings. The summed E-state index contributed by atoms with van der Waals surface area (Å²) in [6.45, 7) is 5.91. The van der Waals surface area contributed by atoms with Gasteiger partial charge in [-0.15, -0.1) is 21.5 Å². The molecule has 2 aliphatic rings. The van der Waals surface area contributed by atoms with Gasteiger partial charge in [0.05, 0.1) is 11.7 Å². The third-order valence-electron chi connectivity index (χ3n) is 9.05. The number of rotatable bonds is 8. The van der Waals surface area contributed by atoms with E-state index in [1.165, 1.54) is 4.88 Å². The predicted octanol–water partition coefficient (Wildman–Crippen LogP) is 5.47. The molecule has 2 unspecified atom stereocenters. The number of aldehydes is 1. The molecule has 0 saturated carbocycles. The number of aromatic hydroxyl groups is 1. The number of amides is 1. The molecule has 1 amide bonds. The maximum Gasteiger partial charge on any atom is 0.247 e. The van der Waals surface area contributed by atoms with Gasteiger partial charge in [0.2, 0.25) is 11.9 Å². The number of likely N-dealkylation sites (tertiary alicyclic amines) is 1. The molecule has 11 nitrogen and oxygen atoms in total. The smallest absolute Gasteiger partial charge is 0.247 e. The monoisotopic (exact) mass is 655 g/mol. The fraction of sp³-hybridized carbons (Fsp3) is 0.364. The zero-order chi connectivity index (χ0) is 32.0. The standard InChI is InChI=1S/C33H33N7O4S2/c1-19(2)33(45,31(43)40-10-5-6-23(40)18-41)29-14-25(38-44-29)22-15-34-32(35-16-22)39-11-9-20(17-39)28-13-21-12-26(36-37-30(21)46-28)24-7-3-4-8-27(24)42/h3-4,7-8,12-16,18-20,23,42,45H,5-6,9-11,17H2,1-2H3/t20?,23?,33-/m1/s1. The quantitative estimate of drug-likeness (QED) is 0.163. The van der Waals surface area contributed by atoms with Gasteiger partial charge in [-0.05, 0) is 49.4 Å². The third-order valence-corrected chi connectivity index (χ3v) is 11.2. The molecule has 6 heterocycles. The Hall–Kier alpha value is -4.36. The van der Waals surface area contributed by atoms with E-state index in [0.717, 1.165) is 42.4 Å². The first-order valence-corrected chi connectivity index (χ1v) is 16.6. The number of fused-ring (bicyclic) bond motifs is 1. The number of phenolic OH excluding ortho intramolecular Hbond substituents is 1. The van der Waals surface area contributed by atoms with Crippen LogP contribution in [0.25, 0.3) is 32.7 Å². The molecule has 4 aromatic heterocycles. The lowest BCUT2D eigenvalue weighted by atomic mass is 9.89. The number of benzene rings is 1. The molecule has 1 N–H and O–H groups in total. The van der Waals surface area contributed by atoms with E-state index in [1.54, 1.807) is 46.8 Å². The molecule has 2 saturated heterocycles. The van der Waals surface area contributed by atoms with Crippen LogP contribution >= 0.6 is 24.0 Å². The third kappa shape index (κ3) is 5.30. The Bertz CT molecular complexity index is 1910. The predicted molar refractivity (Wildman–Crippen MR) is 178 cm³/mol. The topological polar surface area (TPSA) is 138 Å². The number of aromatic nitrogens is 5. The number of thiol groups is 1. The number of anilines is 1. The van der Waals surface area contributed by atoms with Gasteiger partial charge in [0, 0.05) is 65.4 Å². The number of para-hydroxylation sites is 1. The number of carbonyl (C=O) groups excluding carboxylic acids is 2. The molecule has 0 radical (unpaired) electrons. The highest BCUT2D eigenvalue weighted by Crippen LogP contribution is 2.42. The average molecular weight is 656 g/mol. The number of hydrogen-bond acceptors (Lipinski definition) is 12. The van der Waals surface area contributed by atoms with Crippen LogP contribution in [0.1, 0.15) is 49.7 Å². The van der Waals surface area contributed by atoms with Crippen LogP contribution in [-0.4, -0.2) is 73.2 Å². The van der Waals surface area contributed by atoms with E-state index in [-0.39, 0.29) is 17.6 Å². The Morgan fingerprint density at radius 1 is 1.11 bits per heavy atom. The van der Waals surface area contributed by atoms with Gasteiger partial charge in [-0.2, -0.15) is 12.6 Å². The second-order valence-electron chi connectivity index (χ2n) is 12.2. The normalized spacial score (nSPS) is 19.7. The molecule has 46 heavy (non-hydrogen) atoms. The van der Waals surface area contributed by atoms with Crippen molar-refractivity contribution in [1.29, 1.82) is 0 Å². The summed E-state index contributed by atoms with van der Waals surface area (Å²) < 4.78 is 4.43. The van der Waals surface area contributed by atoms with E-state index in [0.29, 0.717) is 53.1 Å². The van der Waals surface area contributed by atoms with Crippen molar-refractivity contribution in [2.24, 2.45) is 5.92 Å². The second kappa shape index (κ2) is 12.1. The van der Waals surface area contributed by atoms with Gasteiger partial charge >= 0.3 is 0 Å². The van der Waals surface area contributed by atoms with Crippen LogP contribution in [-0.2, 0) is 14.3 Å². The molecular weight excluding hydrogens is 623 g/mol. The summed E-state index contributed by atoms with van der Waals surface area (Å²) in [5, 5.41) is 24.3. The lowest BCUT2D eigenvalue weighted by molar-refractivity contribution is -0.138. The highest BCUT2D eigenvalue weighted by Gasteiger charge is 2.48. The number of thiophene rings is 1. The van der Waals surface area contributed by atoms with E-state index in [1.807, 2.05) is 32.0 Å². The maximum atomic E-state index is 13.6. The summed E-state index contributed by atoms with van der Waals surface area (Å²) >= 11 is 6.48. The number of hydrogen-bond donors (Lipinski definition) is 2. The van der Waals surface area contributed by atoms with Crippen LogP contribution in [0.5, 0.6) is 5.75 Å². The molecule has 1 aromatic carbocycles. The fourth-order valence-corrected chi connectivity index (χ4v) is 7.64. The molecule has 0 aliphatic carbocycles. The Morgan fingerprint density at radius 3 is 2.67 bits per heavy atom. The molecule has 0 bridgehead atoms. The van der Waals surface area contributed by atoms with E-state index in [4.69, 9.17) is 17.2 Å². The van der Waals surface area contributed by atoms with Gasteiger partial charge < -0.3 is 24.2 Å². The second-order valence-corrected chi connectivity index (χ2v) is 14.0. The van der Waals surface area contributed by atoms with Gasteiger partial charge in [-0.1, -0.05) is 31.1 Å². The van der Waals surface area contributed by atoms with E-state index >= 15 is 0 Å². The van der Waals surface area contributed by atoms with Gasteiger partial charge in [-0.3, -0.25) is 4.79 Å². The van der Waals surface area contributed by atoms with Crippen molar-refractivity contribution < 1.29 is 19.2 Å². The van der Waals surface area contributed by atoms with E-state index < -0.39 is 10.8 Å². The maximum absolute atomic E-state index is 13.6. The Kier molecular flexibility index (Phi) is 7.97. The zero-order valence-electron chi connectivity index (χ0n) is 25.4. The van der Waals surface area contributed by atoms with Crippen molar-refractivity contribution in [1.82, 2.24) is 30.2 Å². The molecule has 13 heteroatoms. The molecular formula is C33H33N7O4S2. The van der Waals surface area contributed by atoms with E-state index in [2.05, 4.69) is 36.3 Å². The van der Waals surface area contributed by atoms with Crippen LogP contribution < -0.4 is 4.90 Å². The molecule has 5 aromatic rings. The van der Waals surface area contributed by atoms with Crippen molar-refractivity contribution in [3.05, 3.63) is 65.5 Å². The number of phenols is 1. The Morgan fingerprint density at radius 2 is 1.91 bits per heavy atom. The van der Waals surface area contributed by atoms with Gasteiger partial charge in [0.1, 0.15) is 22.6 Å². The highest BCUT2D eigenvalue weighted by molar-refractivity contribution is 7.82.